The summed E-state index contributed by atoms with van der Waals surface area (Å²) < 4.78 is 10.5. The zero-order valence-corrected chi connectivity index (χ0v) is 16.1. The Bertz CT molecular complexity index is 737. The van der Waals surface area contributed by atoms with E-state index in [1.54, 1.807) is 20.4 Å². The molecule has 0 spiro atoms. The lowest BCUT2D eigenvalue weighted by atomic mass is 10.1. The number of rotatable bonds is 7. The first kappa shape index (κ1) is 19.6. The zero-order valence-electron chi connectivity index (χ0n) is 16.1. The lowest BCUT2D eigenvalue weighted by molar-refractivity contribution is -0.116. The molecule has 26 heavy (non-hydrogen) atoms. The van der Waals surface area contributed by atoms with Crippen LogP contribution < -0.4 is 20.1 Å². The van der Waals surface area contributed by atoms with Gasteiger partial charge in [-0.05, 0) is 57.0 Å². The molecule has 0 aliphatic heterocycles. The van der Waals surface area contributed by atoms with Gasteiger partial charge in [0, 0.05) is 12.0 Å². The normalized spacial score (nSPS) is 11.0. The predicted octanol–water partition coefficient (Wildman–Crippen LogP) is 3.88. The van der Waals surface area contributed by atoms with E-state index in [-0.39, 0.29) is 11.4 Å². The van der Waals surface area contributed by atoms with Crippen LogP contribution >= 0.6 is 0 Å². The topological polar surface area (TPSA) is 72.5 Å². The minimum atomic E-state index is -0.0583. The second kappa shape index (κ2) is 8.56. The van der Waals surface area contributed by atoms with Crippen LogP contribution in [-0.4, -0.2) is 30.6 Å². The molecule has 2 rings (SSSR count). The van der Waals surface area contributed by atoms with E-state index in [4.69, 9.17) is 9.47 Å². The van der Waals surface area contributed by atoms with Crippen molar-refractivity contribution in [3.63, 3.8) is 0 Å². The molecule has 2 aromatic rings. The molecule has 140 valence electrons. The average Bonchev–Trinajstić information content (AvgIpc) is 2.60. The van der Waals surface area contributed by atoms with Crippen LogP contribution in [0.25, 0.3) is 0 Å². The van der Waals surface area contributed by atoms with Gasteiger partial charge in [-0.25, -0.2) is 4.98 Å². The van der Waals surface area contributed by atoms with E-state index in [2.05, 4.69) is 36.4 Å². The molecule has 6 heteroatoms. The summed E-state index contributed by atoms with van der Waals surface area (Å²) in [4.78, 5) is 16.5. The molecule has 0 bridgehead atoms. The third-order valence-electron chi connectivity index (χ3n) is 3.64. The fraction of sp³-hybridized carbons (Fsp3) is 0.400. The zero-order chi connectivity index (χ0) is 19.2. The summed E-state index contributed by atoms with van der Waals surface area (Å²) in [5.41, 5.74) is 1.64. The van der Waals surface area contributed by atoms with Crippen LogP contribution in [0.1, 0.15) is 32.8 Å². The molecule has 1 heterocycles. The van der Waals surface area contributed by atoms with Crippen molar-refractivity contribution in [2.24, 2.45) is 0 Å². The van der Waals surface area contributed by atoms with Crippen molar-refractivity contribution in [1.82, 2.24) is 4.98 Å². The molecule has 1 amide bonds. The maximum atomic E-state index is 12.2. The molecule has 0 aliphatic carbocycles. The summed E-state index contributed by atoms with van der Waals surface area (Å²) in [6.45, 7) is 6.20. The Morgan fingerprint density at radius 1 is 1.08 bits per heavy atom. The first-order valence-electron chi connectivity index (χ1n) is 8.56. The van der Waals surface area contributed by atoms with Crippen LogP contribution in [0.2, 0.25) is 0 Å². The number of hydrogen-bond acceptors (Lipinski definition) is 5. The molecule has 0 saturated heterocycles. The Morgan fingerprint density at radius 3 is 2.38 bits per heavy atom. The standard InChI is InChI=1S/C20H27N3O3/c1-20(2,3)23-18-10-8-15(13-21-18)22-19(24)11-7-14-6-9-16(25-4)17(12-14)26-5/h6,8-10,12-13H,7,11H2,1-5H3,(H,21,23)(H,22,24). The van der Waals surface area contributed by atoms with Crippen LogP contribution in [-0.2, 0) is 11.2 Å². The number of amides is 1. The highest BCUT2D eigenvalue weighted by atomic mass is 16.5. The lowest BCUT2D eigenvalue weighted by Crippen LogP contribution is -2.26. The van der Waals surface area contributed by atoms with Gasteiger partial charge < -0.3 is 20.1 Å². The van der Waals surface area contributed by atoms with Crippen molar-refractivity contribution in [3.05, 3.63) is 42.1 Å². The number of methoxy groups -OCH3 is 2. The van der Waals surface area contributed by atoms with Gasteiger partial charge in [0.05, 0.1) is 26.1 Å². The van der Waals surface area contributed by atoms with E-state index in [1.807, 2.05) is 30.3 Å². The number of aromatic nitrogens is 1. The third kappa shape index (κ3) is 5.95. The van der Waals surface area contributed by atoms with E-state index >= 15 is 0 Å². The Morgan fingerprint density at radius 2 is 1.81 bits per heavy atom. The molecular formula is C20H27N3O3. The summed E-state index contributed by atoms with van der Waals surface area (Å²) in [5.74, 6) is 2.06. The van der Waals surface area contributed by atoms with Gasteiger partial charge in [-0.3, -0.25) is 4.79 Å². The summed E-state index contributed by atoms with van der Waals surface area (Å²) in [6, 6.07) is 9.37. The highest BCUT2D eigenvalue weighted by Gasteiger charge is 2.11. The maximum Gasteiger partial charge on any atom is 0.224 e. The van der Waals surface area contributed by atoms with Gasteiger partial charge in [-0.1, -0.05) is 6.07 Å². The second-order valence-corrected chi connectivity index (χ2v) is 7.04. The summed E-state index contributed by atoms with van der Waals surface area (Å²) in [6.07, 6.45) is 2.64. The number of carbonyl (C=O) groups excluding carboxylic acids is 1. The second-order valence-electron chi connectivity index (χ2n) is 7.04. The van der Waals surface area contributed by atoms with E-state index in [9.17, 15) is 4.79 Å². The smallest absolute Gasteiger partial charge is 0.224 e. The highest BCUT2D eigenvalue weighted by Crippen LogP contribution is 2.28. The van der Waals surface area contributed by atoms with Gasteiger partial charge in [-0.15, -0.1) is 0 Å². The van der Waals surface area contributed by atoms with Crippen LogP contribution in [0, 0.1) is 0 Å². The first-order chi connectivity index (χ1) is 12.3. The van der Waals surface area contributed by atoms with Gasteiger partial charge in [0.25, 0.3) is 0 Å². The Labute approximate surface area is 154 Å². The van der Waals surface area contributed by atoms with Crippen molar-refractivity contribution in [3.8, 4) is 11.5 Å². The highest BCUT2D eigenvalue weighted by molar-refractivity contribution is 5.90. The number of pyridine rings is 1. The minimum absolute atomic E-state index is 0.0573. The largest absolute Gasteiger partial charge is 0.493 e. The molecule has 2 N–H and O–H groups in total. The first-order valence-corrected chi connectivity index (χ1v) is 8.56. The van der Waals surface area contributed by atoms with Gasteiger partial charge in [0.2, 0.25) is 5.91 Å². The summed E-state index contributed by atoms with van der Waals surface area (Å²) in [5, 5.41) is 6.15. The number of nitrogens with zero attached hydrogens (tertiary/aromatic N) is 1. The quantitative estimate of drug-likeness (QED) is 0.787. The van der Waals surface area contributed by atoms with Crippen LogP contribution in [0.15, 0.2) is 36.5 Å². The van der Waals surface area contributed by atoms with E-state index in [0.717, 1.165) is 11.4 Å². The molecule has 0 unspecified atom stereocenters. The fourth-order valence-corrected chi connectivity index (χ4v) is 2.44. The van der Waals surface area contributed by atoms with Crippen molar-refractivity contribution in [2.45, 2.75) is 39.2 Å². The number of nitrogens with one attached hydrogen (secondary N) is 2. The number of anilines is 2. The molecular weight excluding hydrogens is 330 g/mol. The predicted molar refractivity (Wildman–Crippen MR) is 104 cm³/mol. The van der Waals surface area contributed by atoms with Crippen LogP contribution in [0.5, 0.6) is 11.5 Å². The summed E-state index contributed by atoms with van der Waals surface area (Å²) >= 11 is 0. The SMILES string of the molecule is COc1ccc(CCC(=O)Nc2ccc(NC(C)(C)C)nc2)cc1OC. The molecule has 0 fully saturated rings. The molecule has 0 saturated carbocycles. The van der Waals surface area contributed by atoms with Crippen LogP contribution in [0.3, 0.4) is 0 Å². The van der Waals surface area contributed by atoms with Crippen LogP contribution in [0.4, 0.5) is 11.5 Å². The van der Waals surface area contributed by atoms with E-state index < -0.39 is 0 Å². The van der Waals surface area contributed by atoms with Gasteiger partial charge in [-0.2, -0.15) is 0 Å². The van der Waals surface area contributed by atoms with Crippen molar-refractivity contribution >= 4 is 17.4 Å². The molecule has 1 aromatic heterocycles. The van der Waals surface area contributed by atoms with Gasteiger partial charge in [0.1, 0.15) is 5.82 Å². The minimum Gasteiger partial charge on any atom is -0.493 e. The number of ether oxygens (including phenoxy) is 2. The maximum absolute atomic E-state index is 12.2. The Kier molecular flexibility index (Phi) is 6.44. The fourth-order valence-electron chi connectivity index (χ4n) is 2.44. The molecule has 0 aliphatic rings. The van der Waals surface area contributed by atoms with Crippen molar-refractivity contribution < 1.29 is 14.3 Å². The van der Waals surface area contributed by atoms with Gasteiger partial charge in [0.15, 0.2) is 11.5 Å². The molecule has 6 nitrogen and oxygen atoms in total. The molecule has 1 aromatic carbocycles. The van der Waals surface area contributed by atoms with E-state index in [1.165, 1.54) is 0 Å². The van der Waals surface area contributed by atoms with Crippen molar-refractivity contribution in [1.29, 1.82) is 0 Å². The number of carbonyl (C=O) groups is 1. The average molecular weight is 357 g/mol. The molecule has 0 atom stereocenters. The number of hydrogen-bond donors (Lipinski definition) is 2. The monoisotopic (exact) mass is 357 g/mol. The lowest BCUT2D eigenvalue weighted by Gasteiger charge is -2.21. The Hall–Kier alpha value is -2.76. The Balaban J connectivity index is 1.89. The molecule has 0 radical (unpaired) electrons. The van der Waals surface area contributed by atoms with Crippen molar-refractivity contribution in [2.75, 3.05) is 24.9 Å². The third-order valence-corrected chi connectivity index (χ3v) is 3.64. The number of benzene rings is 1. The van der Waals surface area contributed by atoms with E-state index in [0.29, 0.717) is 30.0 Å². The number of aryl methyl sites for hydroxylation is 1. The summed E-state index contributed by atoms with van der Waals surface area (Å²) in [7, 11) is 3.20. The van der Waals surface area contributed by atoms with Gasteiger partial charge >= 0.3 is 0 Å².